The van der Waals surface area contributed by atoms with E-state index in [0.717, 1.165) is 27.7 Å². The van der Waals surface area contributed by atoms with E-state index >= 15 is 0 Å². The summed E-state index contributed by atoms with van der Waals surface area (Å²) in [5.41, 5.74) is 3.90. The Morgan fingerprint density at radius 3 is 2.48 bits per heavy atom. The van der Waals surface area contributed by atoms with Crippen LogP contribution in [-0.2, 0) is 15.8 Å². The molecule has 128 valence electrons. The van der Waals surface area contributed by atoms with E-state index in [4.69, 9.17) is 0 Å². The summed E-state index contributed by atoms with van der Waals surface area (Å²) in [6, 6.07) is 19.7. The van der Waals surface area contributed by atoms with Crippen molar-refractivity contribution >= 4 is 20.9 Å². The minimum Gasteiger partial charge on any atom is -0.252 e. The Balaban J connectivity index is 1.45. The highest BCUT2D eigenvalue weighted by atomic mass is 32.2. The van der Waals surface area contributed by atoms with Crippen LogP contribution in [0.15, 0.2) is 60.7 Å². The molecule has 0 spiro atoms. The summed E-state index contributed by atoms with van der Waals surface area (Å²) >= 11 is 0. The maximum Gasteiger partial charge on any atom is 0.218 e. The molecule has 0 radical (unpaired) electrons. The molecule has 3 aromatic rings. The first kappa shape index (κ1) is 16.2. The van der Waals surface area contributed by atoms with E-state index in [1.165, 1.54) is 0 Å². The fourth-order valence-corrected chi connectivity index (χ4v) is 4.76. The Kier molecular flexibility index (Phi) is 4.06. The van der Waals surface area contributed by atoms with Crippen molar-refractivity contribution in [3.8, 4) is 0 Å². The van der Waals surface area contributed by atoms with Gasteiger partial charge in [0.25, 0.3) is 0 Å². The van der Waals surface area contributed by atoms with E-state index in [-0.39, 0.29) is 11.7 Å². The number of rotatable bonds is 4. The molecule has 2 aromatic carbocycles. The van der Waals surface area contributed by atoms with Crippen LogP contribution >= 0.6 is 0 Å². The smallest absolute Gasteiger partial charge is 0.218 e. The van der Waals surface area contributed by atoms with Crippen molar-refractivity contribution in [3.63, 3.8) is 0 Å². The lowest BCUT2D eigenvalue weighted by atomic mass is 9.98. The monoisotopic (exact) mass is 352 g/mol. The summed E-state index contributed by atoms with van der Waals surface area (Å²) in [5, 5.41) is 1.11. The number of aromatic nitrogens is 1. The second-order valence-corrected chi connectivity index (χ2v) is 8.65. The highest BCUT2D eigenvalue weighted by molar-refractivity contribution is 7.88. The van der Waals surface area contributed by atoms with Crippen LogP contribution in [0.1, 0.15) is 22.7 Å². The SMILES string of the molecule is Cc1ccc(CS(=O)(=O)N2CC(c3ccc4ccccc4n3)C2)cc1. The lowest BCUT2D eigenvalue weighted by Crippen LogP contribution is -2.49. The number of hydrogen-bond donors (Lipinski definition) is 0. The Bertz CT molecular complexity index is 1010. The normalized spacial score (nSPS) is 16.0. The molecule has 4 rings (SSSR count). The highest BCUT2D eigenvalue weighted by Crippen LogP contribution is 2.30. The van der Waals surface area contributed by atoms with Gasteiger partial charge in [-0.05, 0) is 24.6 Å². The zero-order valence-corrected chi connectivity index (χ0v) is 14.9. The number of para-hydroxylation sites is 1. The van der Waals surface area contributed by atoms with Crippen LogP contribution in [0.5, 0.6) is 0 Å². The Labute approximate surface area is 148 Å². The van der Waals surface area contributed by atoms with E-state index in [9.17, 15) is 8.42 Å². The summed E-state index contributed by atoms with van der Waals surface area (Å²) in [5.74, 6) is 0.239. The molecule has 5 heteroatoms. The average molecular weight is 352 g/mol. The summed E-state index contributed by atoms with van der Waals surface area (Å²) in [6.45, 7) is 3.02. The van der Waals surface area contributed by atoms with Crippen molar-refractivity contribution in [3.05, 3.63) is 77.5 Å². The number of sulfonamides is 1. The molecule has 1 aromatic heterocycles. The van der Waals surface area contributed by atoms with Gasteiger partial charge in [-0.2, -0.15) is 0 Å². The predicted molar refractivity (Wildman–Crippen MR) is 99.9 cm³/mol. The van der Waals surface area contributed by atoms with Gasteiger partial charge in [-0.3, -0.25) is 4.98 Å². The molecule has 1 aliphatic rings. The lowest BCUT2D eigenvalue weighted by molar-refractivity contribution is 0.260. The number of fused-ring (bicyclic) bond motifs is 1. The predicted octanol–water partition coefficient (Wildman–Crippen LogP) is 3.47. The Morgan fingerprint density at radius 2 is 1.72 bits per heavy atom. The molecule has 1 fully saturated rings. The van der Waals surface area contributed by atoms with Gasteiger partial charge in [0, 0.05) is 30.1 Å². The van der Waals surface area contributed by atoms with Crippen LogP contribution in [-0.4, -0.2) is 30.8 Å². The summed E-state index contributed by atoms with van der Waals surface area (Å²) in [7, 11) is -3.27. The van der Waals surface area contributed by atoms with Crippen molar-refractivity contribution in [1.82, 2.24) is 9.29 Å². The van der Waals surface area contributed by atoms with E-state index < -0.39 is 10.0 Å². The van der Waals surface area contributed by atoms with E-state index in [0.29, 0.717) is 13.1 Å². The molecule has 0 atom stereocenters. The number of nitrogens with zero attached hydrogens (tertiary/aromatic N) is 2. The quantitative estimate of drug-likeness (QED) is 0.722. The molecule has 1 aliphatic heterocycles. The van der Waals surface area contributed by atoms with Gasteiger partial charge in [0.05, 0.1) is 11.3 Å². The minimum absolute atomic E-state index is 0.0607. The van der Waals surface area contributed by atoms with E-state index in [1.54, 1.807) is 4.31 Å². The average Bonchev–Trinajstić information content (AvgIpc) is 2.55. The maximum atomic E-state index is 12.6. The summed E-state index contributed by atoms with van der Waals surface area (Å²) < 4.78 is 26.7. The number of aryl methyl sites for hydroxylation is 1. The standard InChI is InChI=1S/C20H20N2O2S/c1-15-6-8-16(9-7-15)14-25(23,24)22-12-18(13-22)20-11-10-17-4-2-3-5-19(17)21-20/h2-11,18H,12-14H2,1H3. The second-order valence-electron chi connectivity index (χ2n) is 6.68. The molecule has 0 amide bonds. The van der Waals surface area contributed by atoms with Crippen molar-refractivity contribution in [2.45, 2.75) is 18.6 Å². The van der Waals surface area contributed by atoms with Crippen LogP contribution < -0.4 is 0 Å². The fraction of sp³-hybridized carbons (Fsp3) is 0.250. The van der Waals surface area contributed by atoms with Gasteiger partial charge < -0.3 is 0 Å². The molecular weight excluding hydrogens is 332 g/mol. The summed E-state index contributed by atoms with van der Waals surface area (Å²) in [6.07, 6.45) is 0. The third-order valence-corrected chi connectivity index (χ3v) is 6.53. The van der Waals surface area contributed by atoms with Crippen molar-refractivity contribution in [1.29, 1.82) is 0 Å². The van der Waals surface area contributed by atoms with Crippen LogP contribution in [0.3, 0.4) is 0 Å². The molecule has 0 unspecified atom stereocenters. The molecular formula is C20H20N2O2S. The van der Waals surface area contributed by atoms with Crippen LogP contribution in [0.2, 0.25) is 0 Å². The van der Waals surface area contributed by atoms with Gasteiger partial charge in [-0.25, -0.2) is 12.7 Å². The minimum atomic E-state index is -3.27. The second kappa shape index (κ2) is 6.24. The summed E-state index contributed by atoms with van der Waals surface area (Å²) in [4.78, 5) is 4.69. The van der Waals surface area contributed by atoms with Crippen LogP contribution in [0.4, 0.5) is 0 Å². The van der Waals surface area contributed by atoms with Gasteiger partial charge in [-0.1, -0.05) is 54.1 Å². The molecule has 0 N–H and O–H groups in total. The first-order valence-corrected chi connectivity index (χ1v) is 10.0. The largest absolute Gasteiger partial charge is 0.252 e. The van der Waals surface area contributed by atoms with Gasteiger partial charge in [0.1, 0.15) is 0 Å². The van der Waals surface area contributed by atoms with E-state index in [2.05, 4.69) is 11.1 Å². The first-order valence-electron chi connectivity index (χ1n) is 8.40. The number of benzene rings is 2. The number of hydrogen-bond acceptors (Lipinski definition) is 3. The van der Waals surface area contributed by atoms with E-state index in [1.807, 2.05) is 61.5 Å². The fourth-order valence-electron chi connectivity index (χ4n) is 3.15. The zero-order valence-electron chi connectivity index (χ0n) is 14.1. The molecule has 0 bridgehead atoms. The Hall–Kier alpha value is -2.24. The molecule has 4 nitrogen and oxygen atoms in total. The molecule has 0 saturated carbocycles. The van der Waals surface area contributed by atoms with Crippen molar-refractivity contribution < 1.29 is 8.42 Å². The zero-order chi connectivity index (χ0) is 17.4. The first-order chi connectivity index (χ1) is 12.0. The Morgan fingerprint density at radius 1 is 1.00 bits per heavy atom. The van der Waals surface area contributed by atoms with Crippen LogP contribution in [0, 0.1) is 6.92 Å². The van der Waals surface area contributed by atoms with Crippen molar-refractivity contribution in [2.75, 3.05) is 13.1 Å². The van der Waals surface area contributed by atoms with Gasteiger partial charge >= 0.3 is 0 Å². The maximum absolute atomic E-state index is 12.6. The third-order valence-electron chi connectivity index (χ3n) is 4.75. The van der Waals surface area contributed by atoms with Gasteiger partial charge in [-0.15, -0.1) is 0 Å². The number of pyridine rings is 1. The van der Waals surface area contributed by atoms with Gasteiger partial charge in [0.2, 0.25) is 10.0 Å². The van der Waals surface area contributed by atoms with Crippen LogP contribution in [0.25, 0.3) is 10.9 Å². The molecule has 0 aliphatic carbocycles. The molecule has 2 heterocycles. The molecule has 1 saturated heterocycles. The topological polar surface area (TPSA) is 50.3 Å². The van der Waals surface area contributed by atoms with Crippen molar-refractivity contribution in [2.24, 2.45) is 0 Å². The lowest BCUT2D eigenvalue weighted by Gasteiger charge is -2.37. The molecule has 25 heavy (non-hydrogen) atoms. The highest BCUT2D eigenvalue weighted by Gasteiger charge is 2.37. The van der Waals surface area contributed by atoms with Gasteiger partial charge in [0.15, 0.2) is 0 Å². The third kappa shape index (κ3) is 3.30.